The Morgan fingerprint density at radius 1 is 1.25 bits per heavy atom. The van der Waals surface area contributed by atoms with E-state index >= 15 is 0 Å². The first-order chi connectivity index (χ1) is 7.70. The molecule has 0 unspecified atom stereocenters. The second kappa shape index (κ2) is 5.34. The Morgan fingerprint density at radius 2 is 1.94 bits per heavy atom. The summed E-state index contributed by atoms with van der Waals surface area (Å²) in [4.78, 5) is 0. The fraction of sp³-hybridized carbons (Fsp3) is 0.364. The molecular weight excluding hydrogens is 207 g/mol. The maximum Gasteiger partial charge on any atom is 0.184 e. The van der Waals surface area contributed by atoms with Gasteiger partial charge in [-0.25, -0.2) is 9.07 Å². The molecular formula is C11H15FN4. The summed E-state index contributed by atoms with van der Waals surface area (Å²) in [5.41, 5.74) is 1.28. The van der Waals surface area contributed by atoms with Crippen LogP contribution in [0.1, 0.15) is 19.4 Å². The quantitative estimate of drug-likeness (QED) is 0.744. The van der Waals surface area contributed by atoms with Gasteiger partial charge in [0.2, 0.25) is 0 Å². The second-order valence-electron chi connectivity index (χ2n) is 3.06. The highest BCUT2D eigenvalue weighted by Crippen LogP contribution is 2.22. The molecule has 1 aromatic heterocycles. The van der Waals surface area contributed by atoms with Gasteiger partial charge in [0.05, 0.1) is 5.56 Å². The molecule has 0 spiro atoms. The van der Waals surface area contributed by atoms with Gasteiger partial charge in [0.25, 0.3) is 0 Å². The van der Waals surface area contributed by atoms with Gasteiger partial charge in [-0.2, -0.15) is 0 Å². The van der Waals surface area contributed by atoms with Crippen molar-refractivity contribution in [3.05, 3.63) is 29.6 Å². The van der Waals surface area contributed by atoms with Crippen molar-refractivity contribution in [2.45, 2.75) is 20.8 Å². The number of benzene rings is 1. The summed E-state index contributed by atoms with van der Waals surface area (Å²) in [5, 5.41) is 10.9. The van der Waals surface area contributed by atoms with Gasteiger partial charge in [-0.3, -0.25) is 0 Å². The molecule has 0 N–H and O–H groups in total. The van der Waals surface area contributed by atoms with E-state index in [1.807, 2.05) is 26.8 Å². The van der Waals surface area contributed by atoms with Gasteiger partial charge in [-0.1, -0.05) is 26.0 Å². The summed E-state index contributed by atoms with van der Waals surface area (Å²) in [6.45, 7) is 5.83. The predicted molar refractivity (Wildman–Crippen MR) is 60.3 cm³/mol. The molecule has 0 aliphatic carbocycles. The van der Waals surface area contributed by atoms with E-state index in [1.165, 1.54) is 10.7 Å². The van der Waals surface area contributed by atoms with Crippen LogP contribution in [0.15, 0.2) is 18.2 Å². The van der Waals surface area contributed by atoms with Crippen molar-refractivity contribution in [2.24, 2.45) is 7.05 Å². The van der Waals surface area contributed by atoms with Crippen molar-refractivity contribution in [2.75, 3.05) is 0 Å². The molecule has 0 aliphatic rings. The number of aryl methyl sites for hydroxylation is 2. The standard InChI is InChI=1S/C9H9FN4.C2H6/c1-6-4-3-5-7(10)8(6)9-11-12-13-14(9)2;1-2/h3-5H,1-2H3;1-2H3. The van der Waals surface area contributed by atoms with Crippen molar-refractivity contribution in [1.29, 1.82) is 0 Å². The van der Waals surface area contributed by atoms with E-state index in [9.17, 15) is 4.39 Å². The Morgan fingerprint density at radius 3 is 2.44 bits per heavy atom. The molecule has 2 aromatic rings. The predicted octanol–water partition coefficient (Wildman–Crippen LogP) is 2.35. The molecule has 5 heteroatoms. The van der Waals surface area contributed by atoms with E-state index in [4.69, 9.17) is 0 Å². The van der Waals surface area contributed by atoms with Gasteiger partial charge in [-0.15, -0.1) is 5.10 Å². The first-order valence-electron chi connectivity index (χ1n) is 5.18. The van der Waals surface area contributed by atoms with Crippen LogP contribution in [0.4, 0.5) is 4.39 Å². The summed E-state index contributed by atoms with van der Waals surface area (Å²) < 4.78 is 14.9. The summed E-state index contributed by atoms with van der Waals surface area (Å²) >= 11 is 0. The van der Waals surface area contributed by atoms with E-state index in [0.717, 1.165) is 5.56 Å². The Bertz CT molecular complexity index is 445. The lowest BCUT2D eigenvalue weighted by atomic mass is 10.1. The highest BCUT2D eigenvalue weighted by atomic mass is 19.1. The number of nitrogens with zero attached hydrogens (tertiary/aromatic N) is 4. The average molecular weight is 222 g/mol. The van der Waals surface area contributed by atoms with Gasteiger partial charge < -0.3 is 0 Å². The molecule has 0 saturated carbocycles. The second-order valence-corrected chi connectivity index (χ2v) is 3.06. The van der Waals surface area contributed by atoms with Crippen LogP contribution in [0.5, 0.6) is 0 Å². The minimum atomic E-state index is -0.303. The molecule has 0 bridgehead atoms. The third kappa shape index (κ3) is 2.24. The fourth-order valence-corrected chi connectivity index (χ4v) is 1.36. The topological polar surface area (TPSA) is 43.6 Å². The molecule has 4 nitrogen and oxygen atoms in total. The number of rotatable bonds is 1. The Labute approximate surface area is 94.1 Å². The number of halogens is 1. The Hall–Kier alpha value is -1.78. The lowest BCUT2D eigenvalue weighted by molar-refractivity contribution is 0.626. The Kier molecular flexibility index (Phi) is 4.10. The van der Waals surface area contributed by atoms with Crippen molar-refractivity contribution in [3.8, 4) is 11.4 Å². The monoisotopic (exact) mass is 222 g/mol. The van der Waals surface area contributed by atoms with Gasteiger partial charge in [0, 0.05) is 7.05 Å². The number of hydrogen-bond acceptors (Lipinski definition) is 3. The maximum atomic E-state index is 13.5. The molecule has 0 saturated heterocycles. The van der Waals surface area contributed by atoms with Gasteiger partial charge in [0.15, 0.2) is 5.82 Å². The fourth-order valence-electron chi connectivity index (χ4n) is 1.36. The zero-order valence-corrected chi connectivity index (χ0v) is 9.90. The van der Waals surface area contributed by atoms with Crippen LogP contribution in [-0.2, 0) is 7.05 Å². The SMILES string of the molecule is CC.Cc1cccc(F)c1-c1nnnn1C. The summed E-state index contributed by atoms with van der Waals surface area (Å²) in [7, 11) is 1.68. The van der Waals surface area contributed by atoms with Crippen molar-refractivity contribution in [1.82, 2.24) is 20.2 Å². The summed E-state index contributed by atoms with van der Waals surface area (Å²) in [6.07, 6.45) is 0. The van der Waals surface area contributed by atoms with Crippen molar-refractivity contribution >= 4 is 0 Å². The van der Waals surface area contributed by atoms with Crippen LogP contribution in [0.25, 0.3) is 11.4 Å². The zero-order valence-electron chi connectivity index (χ0n) is 9.90. The third-order valence-corrected chi connectivity index (χ3v) is 2.07. The molecule has 16 heavy (non-hydrogen) atoms. The van der Waals surface area contributed by atoms with E-state index in [-0.39, 0.29) is 5.82 Å². The lowest BCUT2D eigenvalue weighted by Crippen LogP contribution is -1.98. The van der Waals surface area contributed by atoms with Gasteiger partial charge in [0.1, 0.15) is 5.82 Å². The number of aromatic nitrogens is 4. The highest BCUT2D eigenvalue weighted by Gasteiger charge is 2.13. The molecule has 1 aromatic carbocycles. The lowest BCUT2D eigenvalue weighted by Gasteiger charge is -2.04. The first kappa shape index (κ1) is 12.3. The number of tetrazole rings is 1. The smallest absolute Gasteiger partial charge is 0.184 e. The van der Waals surface area contributed by atoms with E-state index in [0.29, 0.717) is 11.4 Å². The van der Waals surface area contributed by atoms with Crippen LogP contribution in [0, 0.1) is 12.7 Å². The van der Waals surface area contributed by atoms with E-state index < -0.39 is 0 Å². The molecule has 2 rings (SSSR count). The Balaban J connectivity index is 0.000000606. The molecule has 0 radical (unpaired) electrons. The van der Waals surface area contributed by atoms with E-state index in [2.05, 4.69) is 15.5 Å². The van der Waals surface area contributed by atoms with Crippen LogP contribution in [-0.4, -0.2) is 20.2 Å². The molecule has 0 aliphatic heterocycles. The minimum absolute atomic E-state index is 0.303. The molecule has 0 amide bonds. The molecule has 0 fully saturated rings. The van der Waals surface area contributed by atoms with Crippen molar-refractivity contribution in [3.63, 3.8) is 0 Å². The van der Waals surface area contributed by atoms with Crippen molar-refractivity contribution < 1.29 is 4.39 Å². The molecule has 1 heterocycles. The normalized spacial score (nSPS) is 9.56. The van der Waals surface area contributed by atoms with Gasteiger partial charge >= 0.3 is 0 Å². The average Bonchev–Trinajstić information content (AvgIpc) is 2.68. The number of hydrogen-bond donors (Lipinski definition) is 0. The summed E-state index contributed by atoms with van der Waals surface area (Å²) in [6, 6.07) is 4.89. The van der Waals surface area contributed by atoms with Crippen LogP contribution in [0.3, 0.4) is 0 Å². The maximum absolute atomic E-state index is 13.5. The highest BCUT2D eigenvalue weighted by molar-refractivity contribution is 5.60. The zero-order chi connectivity index (χ0) is 12.1. The summed E-state index contributed by atoms with van der Waals surface area (Å²) in [5.74, 6) is 0.142. The van der Waals surface area contributed by atoms with Crippen LogP contribution >= 0.6 is 0 Å². The van der Waals surface area contributed by atoms with Crippen LogP contribution in [0.2, 0.25) is 0 Å². The first-order valence-corrected chi connectivity index (χ1v) is 5.18. The van der Waals surface area contributed by atoms with Gasteiger partial charge in [-0.05, 0) is 29.0 Å². The molecule has 0 atom stereocenters. The molecule has 86 valence electrons. The largest absolute Gasteiger partial charge is 0.228 e. The minimum Gasteiger partial charge on any atom is -0.228 e. The van der Waals surface area contributed by atoms with Crippen LogP contribution < -0.4 is 0 Å². The van der Waals surface area contributed by atoms with E-state index in [1.54, 1.807) is 13.1 Å². The third-order valence-electron chi connectivity index (χ3n) is 2.07.